The van der Waals surface area contributed by atoms with Gasteiger partial charge in [0, 0.05) is 31.8 Å². The van der Waals surface area contributed by atoms with Crippen LogP contribution >= 0.6 is 0 Å². The van der Waals surface area contributed by atoms with Gasteiger partial charge in [-0.05, 0) is 18.4 Å². The maximum Gasteiger partial charge on any atom is 0.219 e. The second kappa shape index (κ2) is 3.23. The minimum Gasteiger partial charge on any atom is -0.336 e. The zero-order valence-electron chi connectivity index (χ0n) is 8.45. The second-order valence-corrected chi connectivity index (χ2v) is 4.25. The van der Waals surface area contributed by atoms with E-state index in [1.165, 1.54) is 0 Å². The van der Waals surface area contributed by atoms with Crippen molar-refractivity contribution in [1.29, 1.82) is 0 Å². The summed E-state index contributed by atoms with van der Waals surface area (Å²) in [6, 6.07) is 0.278. The van der Waals surface area contributed by atoms with Crippen molar-refractivity contribution in [2.75, 3.05) is 6.54 Å². The molecule has 1 heterocycles. The quantitative estimate of drug-likeness (QED) is 0.541. The van der Waals surface area contributed by atoms with Crippen LogP contribution < -0.4 is 0 Å². The highest BCUT2D eigenvalue weighted by Crippen LogP contribution is 2.34. The summed E-state index contributed by atoms with van der Waals surface area (Å²) in [6.07, 6.45) is 2.25. The van der Waals surface area contributed by atoms with Crippen molar-refractivity contribution < 1.29 is 9.59 Å². The molecule has 2 aliphatic rings. The lowest BCUT2D eigenvalue weighted by Gasteiger charge is -2.43. The van der Waals surface area contributed by atoms with Crippen LogP contribution in [0, 0.1) is 5.92 Å². The number of fused-ring (bicyclic) bond motifs is 2. The van der Waals surface area contributed by atoms with Crippen LogP contribution in [0.4, 0.5) is 0 Å². The van der Waals surface area contributed by atoms with E-state index in [9.17, 15) is 9.59 Å². The van der Waals surface area contributed by atoms with Gasteiger partial charge in [-0.2, -0.15) is 0 Å². The van der Waals surface area contributed by atoms with Gasteiger partial charge < -0.3 is 4.90 Å². The van der Waals surface area contributed by atoms with Gasteiger partial charge >= 0.3 is 0 Å². The summed E-state index contributed by atoms with van der Waals surface area (Å²) in [4.78, 5) is 24.7. The molecule has 1 amide bonds. The van der Waals surface area contributed by atoms with Crippen LogP contribution in [0.1, 0.15) is 26.2 Å². The van der Waals surface area contributed by atoms with Crippen molar-refractivity contribution in [2.45, 2.75) is 32.2 Å². The average molecular weight is 193 g/mol. The summed E-state index contributed by atoms with van der Waals surface area (Å²) in [6.45, 7) is 6.07. The first kappa shape index (κ1) is 9.44. The summed E-state index contributed by atoms with van der Waals surface area (Å²) in [5.41, 5.74) is 0.918. The maximum atomic E-state index is 11.5. The highest BCUT2D eigenvalue weighted by molar-refractivity contribution is 5.86. The molecular weight excluding hydrogens is 178 g/mol. The van der Waals surface area contributed by atoms with Crippen molar-refractivity contribution in [2.24, 2.45) is 5.92 Å². The van der Waals surface area contributed by atoms with Gasteiger partial charge in [0.25, 0.3) is 0 Å². The van der Waals surface area contributed by atoms with Crippen molar-refractivity contribution in [3.05, 3.63) is 12.2 Å². The van der Waals surface area contributed by atoms with Crippen LogP contribution in [-0.4, -0.2) is 29.2 Å². The number of carbonyl (C=O) groups excluding carboxylic acids is 2. The second-order valence-electron chi connectivity index (χ2n) is 4.25. The number of ketones is 1. The van der Waals surface area contributed by atoms with Gasteiger partial charge in [0.2, 0.25) is 5.91 Å². The number of amides is 1. The van der Waals surface area contributed by atoms with Gasteiger partial charge in [0.1, 0.15) is 5.78 Å². The van der Waals surface area contributed by atoms with Crippen LogP contribution in [0.25, 0.3) is 0 Å². The topological polar surface area (TPSA) is 37.4 Å². The first-order valence-corrected chi connectivity index (χ1v) is 5.07. The van der Waals surface area contributed by atoms with Crippen molar-refractivity contribution in [3.8, 4) is 0 Å². The fraction of sp³-hybridized carbons (Fsp3) is 0.636. The Bertz CT molecular complexity index is 308. The molecular formula is C11H15NO2. The van der Waals surface area contributed by atoms with Crippen LogP contribution in [0.5, 0.6) is 0 Å². The summed E-state index contributed by atoms with van der Waals surface area (Å²) in [7, 11) is 0. The molecule has 0 N–H and O–H groups in total. The fourth-order valence-corrected chi connectivity index (χ4v) is 2.51. The predicted molar refractivity (Wildman–Crippen MR) is 52.7 cm³/mol. The molecule has 1 saturated heterocycles. The fourth-order valence-electron chi connectivity index (χ4n) is 2.51. The molecule has 1 saturated carbocycles. The zero-order chi connectivity index (χ0) is 10.3. The molecule has 76 valence electrons. The molecule has 0 spiro atoms. The summed E-state index contributed by atoms with van der Waals surface area (Å²) in [5.74, 6) is 0.447. The highest BCUT2D eigenvalue weighted by Gasteiger charge is 2.39. The number of rotatable bonds is 0. The molecule has 0 radical (unpaired) electrons. The van der Waals surface area contributed by atoms with E-state index in [1.54, 1.807) is 6.92 Å². The SMILES string of the molecule is C=C1CN(C(C)=O)[C@@H]2CCC(=O)C1C2. The molecule has 0 aromatic carbocycles. The van der Waals surface area contributed by atoms with E-state index in [4.69, 9.17) is 0 Å². The van der Waals surface area contributed by atoms with Gasteiger partial charge in [-0.25, -0.2) is 0 Å². The number of hydrogen-bond donors (Lipinski definition) is 0. The van der Waals surface area contributed by atoms with Crippen molar-refractivity contribution in [3.63, 3.8) is 0 Å². The van der Waals surface area contributed by atoms with E-state index in [-0.39, 0.29) is 17.9 Å². The third-order valence-electron chi connectivity index (χ3n) is 3.33. The number of nitrogens with zero attached hydrogens (tertiary/aromatic N) is 1. The highest BCUT2D eigenvalue weighted by atomic mass is 16.2. The zero-order valence-corrected chi connectivity index (χ0v) is 8.45. The van der Waals surface area contributed by atoms with Crippen molar-refractivity contribution in [1.82, 2.24) is 4.90 Å². The first-order valence-electron chi connectivity index (χ1n) is 5.07. The number of carbonyl (C=O) groups is 2. The number of hydrogen-bond acceptors (Lipinski definition) is 2. The van der Waals surface area contributed by atoms with Crippen LogP contribution in [0.3, 0.4) is 0 Å². The Morgan fingerprint density at radius 1 is 1.57 bits per heavy atom. The lowest BCUT2D eigenvalue weighted by atomic mass is 9.76. The Hall–Kier alpha value is -1.12. The standard InChI is InChI=1S/C11H15NO2/c1-7-6-12(8(2)13)9-3-4-11(14)10(7)5-9/h9-10H,1,3-6H2,2H3/t9-,10?/m1/s1. The third-order valence-corrected chi connectivity index (χ3v) is 3.33. The Kier molecular flexibility index (Phi) is 2.17. The molecule has 1 unspecified atom stereocenters. The molecule has 2 fully saturated rings. The van der Waals surface area contributed by atoms with E-state index in [2.05, 4.69) is 6.58 Å². The monoisotopic (exact) mass is 193 g/mol. The minimum absolute atomic E-state index is 0.0318. The molecule has 0 aromatic heterocycles. The Morgan fingerprint density at radius 2 is 2.29 bits per heavy atom. The molecule has 2 atom stereocenters. The normalized spacial score (nSPS) is 31.9. The lowest BCUT2D eigenvalue weighted by molar-refractivity contribution is -0.137. The third kappa shape index (κ3) is 1.37. The van der Waals surface area contributed by atoms with Crippen LogP contribution in [-0.2, 0) is 9.59 Å². The molecule has 2 bridgehead atoms. The predicted octanol–water partition coefficient (Wildman–Crippen LogP) is 1.14. The first-order chi connectivity index (χ1) is 6.59. The van der Waals surface area contributed by atoms with Gasteiger partial charge in [0.15, 0.2) is 0 Å². The maximum absolute atomic E-state index is 11.5. The molecule has 14 heavy (non-hydrogen) atoms. The molecule has 0 aromatic rings. The number of Topliss-reactive ketones (excluding diaryl/α,β-unsaturated/α-hetero) is 1. The van der Waals surface area contributed by atoms with E-state index < -0.39 is 0 Å². The van der Waals surface area contributed by atoms with Gasteiger partial charge in [0.05, 0.1) is 0 Å². The van der Waals surface area contributed by atoms with Gasteiger partial charge in [-0.3, -0.25) is 9.59 Å². The molecule has 1 aliphatic carbocycles. The van der Waals surface area contributed by atoms with E-state index in [0.717, 1.165) is 18.4 Å². The summed E-state index contributed by atoms with van der Waals surface area (Å²) >= 11 is 0. The Balaban J connectivity index is 2.20. The molecule has 2 rings (SSSR count). The largest absolute Gasteiger partial charge is 0.336 e. The van der Waals surface area contributed by atoms with E-state index >= 15 is 0 Å². The molecule has 3 heteroatoms. The van der Waals surface area contributed by atoms with E-state index in [1.807, 2.05) is 4.90 Å². The minimum atomic E-state index is 0.0318. The summed E-state index contributed by atoms with van der Waals surface area (Å²) < 4.78 is 0. The Morgan fingerprint density at radius 3 is 2.93 bits per heavy atom. The smallest absolute Gasteiger partial charge is 0.219 e. The lowest BCUT2D eigenvalue weighted by Crippen LogP contribution is -2.50. The number of piperidine rings is 1. The van der Waals surface area contributed by atoms with Crippen LogP contribution in [0.2, 0.25) is 0 Å². The van der Waals surface area contributed by atoms with E-state index in [0.29, 0.717) is 18.7 Å². The molecule has 1 aliphatic heterocycles. The average Bonchev–Trinajstić information content (AvgIpc) is 2.14. The van der Waals surface area contributed by atoms with Crippen molar-refractivity contribution >= 4 is 11.7 Å². The van der Waals surface area contributed by atoms with Gasteiger partial charge in [-0.15, -0.1) is 0 Å². The van der Waals surface area contributed by atoms with Crippen LogP contribution in [0.15, 0.2) is 12.2 Å². The molecule has 3 nitrogen and oxygen atoms in total. The van der Waals surface area contributed by atoms with Gasteiger partial charge in [-0.1, -0.05) is 6.58 Å². The Labute approximate surface area is 83.8 Å². The number of likely N-dealkylation sites (tertiary alicyclic amines) is 1. The summed E-state index contributed by atoms with van der Waals surface area (Å²) in [5, 5.41) is 0.